The Morgan fingerprint density at radius 1 is 1.07 bits per heavy atom. The molecule has 1 aliphatic rings. The minimum absolute atomic E-state index is 0.392. The Balaban J connectivity index is 1.53. The molecule has 1 heterocycles. The minimum Gasteiger partial charge on any atom is -0.494 e. The van der Waals surface area contributed by atoms with E-state index in [1.165, 1.54) is 0 Å². The van der Waals surface area contributed by atoms with E-state index in [0.29, 0.717) is 43.8 Å². The molecule has 156 valence electrons. The van der Waals surface area contributed by atoms with Crippen LogP contribution in [0.25, 0.3) is 0 Å². The Morgan fingerprint density at radius 2 is 1.83 bits per heavy atom. The van der Waals surface area contributed by atoms with Crippen LogP contribution in [-0.2, 0) is 21.1 Å². The molecule has 5 nitrogen and oxygen atoms in total. The lowest BCUT2D eigenvalue weighted by Crippen LogP contribution is -2.34. The molecule has 0 aromatic heterocycles. The molecular weight excluding hydrogens is 457 g/mol. The molecule has 0 spiro atoms. The van der Waals surface area contributed by atoms with E-state index in [0.717, 1.165) is 18.4 Å². The van der Waals surface area contributed by atoms with Crippen molar-refractivity contribution in [3.63, 3.8) is 0 Å². The number of fused-ring (bicyclic) bond motifs is 1. The Kier molecular flexibility index (Phi) is 6.99. The summed E-state index contributed by atoms with van der Waals surface area (Å²) in [6, 6.07) is 8.48. The summed E-state index contributed by atoms with van der Waals surface area (Å²) in [5.41, 5.74) is 0.481. The number of hydrogen-bond donors (Lipinski definition) is 1. The van der Waals surface area contributed by atoms with E-state index >= 15 is 0 Å². The molecule has 0 aliphatic carbocycles. The minimum atomic E-state index is -1.15. The van der Waals surface area contributed by atoms with E-state index in [9.17, 15) is 9.00 Å². The Bertz CT molecular complexity index is 965. The summed E-state index contributed by atoms with van der Waals surface area (Å²) in [5, 5.41) is 3.85. The van der Waals surface area contributed by atoms with Gasteiger partial charge < -0.3 is 9.47 Å². The number of amides is 1. The smallest absolute Gasteiger partial charge is 0.412 e. The molecular formula is C20H20Cl3NO4S. The van der Waals surface area contributed by atoms with Crippen molar-refractivity contribution in [1.29, 1.82) is 0 Å². The maximum Gasteiger partial charge on any atom is 0.412 e. The van der Waals surface area contributed by atoms with E-state index in [1.54, 1.807) is 38.1 Å². The molecule has 1 unspecified atom stereocenters. The fourth-order valence-corrected chi connectivity index (χ4v) is 4.73. The van der Waals surface area contributed by atoms with Crippen molar-refractivity contribution in [1.82, 2.24) is 0 Å². The summed E-state index contributed by atoms with van der Waals surface area (Å²) >= 11 is 18.2. The Labute approximate surface area is 187 Å². The molecule has 2 aromatic carbocycles. The van der Waals surface area contributed by atoms with Gasteiger partial charge in [-0.15, -0.1) is 0 Å². The topological polar surface area (TPSA) is 64.6 Å². The lowest BCUT2D eigenvalue weighted by atomic mass is 9.94. The number of nitrogens with one attached hydrogen (secondary N) is 1. The van der Waals surface area contributed by atoms with Crippen LogP contribution in [0.2, 0.25) is 15.1 Å². The summed E-state index contributed by atoms with van der Waals surface area (Å²) in [6.45, 7) is 4.04. The van der Waals surface area contributed by atoms with Gasteiger partial charge in [0.1, 0.15) is 11.4 Å². The van der Waals surface area contributed by atoms with Gasteiger partial charge in [-0.3, -0.25) is 9.53 Å². The summed E-state index contributed by atoms with van der Waals surface area (Å²) in [5.74, 6) is 1.09. The third-order valence-corrected chi connectivity index (χ3v) is 6.91. The second-order valence-electron chi connectivity index (χ2n) is 7.03. The molecule has 0 bridgehead atoms. The maximum atomic E-state index is 12.3. The number of cyclic esters (lactones) is 1. The first-order chi connectivity index (χ1) is 13.7. The SMILES string of the molecule is CC1(C)OC(=O)Nc2c(Cl)cc(OCCCCS(=O)c3ccc(Cl)c(Cl)c3)cc21. The number of ether oxygens (including phenoxy) is 2. The van der Waals surface area contributed by atoms with Crippen LogP contribution in [0.1, 0.15) is 32.3 Å². The van der Waals surface area contributed by atoms with Gasteiger partial charge >= 0.3 is 6.09 Å². The molecule has 0 saturated heterocycles. The maximum absolute atomic E-state index is 12.3. The van der Waals surface area contributed by atoms with Crippen LogP contribution in [0.15, 0.2) is 35.2 Å². The summed E-state index contributed by atoms with van der Waals surface area (Å²) in [6.07, 6.45) is 0.905. The molecule has 3 rings (SSSR count). The third-order valence-electron chi connectivity index (χ3n) is 4.43. The fraction of sp³-hybridized carbons (Fsp3) is 0.350. The van der Waals surface area contributed by atoms with Crippen molar-refractivity contribution in [2.45, 2.75) is 37.2 Å². The van der Waals surface area contributed by atoms with E-state index in [2.05, 4.69) is 5.32 Å². The van der Waals surface area contributed by atoms with Gasteiger partial charge in [-0.25, -0.2) is 4.79 Å². The number of carbonyl (C=O) groups excluding carboxylic acids is 1. The van der Waals surface area contributed by atoms with Crippen LogP contribution in [-0.4, -0.2) is 22.7 Å². The predicted octanol–water partition coefficient (Wildman–Crippen LogP) is 6.41. The molecule has 2 aromatic rings. The Hall–Kier alpha value is -1.47. The molecule has 0 fully saturated rings. The lowest BCUT2D eigenvalue weighted by molar-refractivity contribution is 0.0418. The number of rotatable bonds is 7. The van der Waals surface area contributed by atoms with Crippen molar-refractivity contribution in [3.05, 3.63) is 51.0 Å². The fourth-order valence-electron chi connectivity index (χ4n) is 2.94. The highest BCUT2D eigenvalue weighted by atomic mass is 35.5. The summed E-state index contributed by atoms with van der Waals surface area (Å²) in [7, 11) is -1.15. The monoisotopic (exact) mass is 475 g/mol. The summed E-state index contributed by atoms with van der Waals surface area (Å²) < 4.78 is 23.5. The van der Waals surface area contributed by atoms with Gasteiger partial charge in [-0.1, -0.05) is 34.8 Å². The van der Waals surface area contributed by atoms with E-state index in [-0.39, 0.29) is 0 Å². The molecule has 9 heteroatoms. The molecule has 1 amide bonds. The van der Waals surface area contributed by atoms with Crippen LogP contribution in [0.3, 0.4) is 0 Å². The number of carbonyl (C=O) groups is 1. The predicted molar refractivity (Wildman–Crippen MR) is 117 cm³/mol. The van der Waals surface area contributed by atoms with E-state index in [1.807, 2.05) is 6.07 Å². The first kappa shape index (κ1) is 22.2. The molecule has 1 aliphatic heterocycles. The highest BCUT2D eigenvalue weighted by Gasteiger charge is 2.35. The van der Waals surface area contributed by atoms with Crippen molar-refractivity contribution in [3.8, 4) is 5.75 Å². The zero-order valence-electron chi connectivity index (χ0n) is 15.9. The van der Waals surface area contributed by atoms with Crippen LogP contribution >= 0.6 is 34.8 Å². The molecule has 1 atom stereocenters. The highest BCUT2D eigenvalue weighted by Crippen LogP contribution is 2.42. The number of anilines is 1. The zero-order valence-corrected chi connectivity index (χ0v) is 19.0. The molecule has 0 radical (unpaired) electrons. The van der Waals surface area contributed by atoms with Gasteiger partial charge in [0.25, 0.3) is 0 Å². The average Bonchev–Trinajstić information content (AvgIpc) is 2.64. The normalized spacial score (nSPS) is 15.8. The number of benzene rings is 2. The zero-order chi connectivity index (χ0) is 21.2. The van der Waals surface area contributed by atoms with E-state index in [4.69, 9.17) is 44.3 Å². The van der Waals surface area contributed by atoms with Gasteiger partial charge in [0, 0.05) is 22.3 Å². The van der Waals surface area contributed by atoms with Gasteiger partial charge in [0.15, 0.2) is 0 Å². The second kappa shape index (κ2) is 9.13. The molecule has 0 saturated carbocycles. The van der Waals surface area contributed by atoms with Gasteiger partial charge in [0.05, 0.1) is 38.2 Å². The molecule has 1 N–H and O–H groups in total. The molecule has 29 heavy (non-hydrogen) atoms. The number of unbranched alkanes of at least 4 members (excludes halogenated alkanes) is 1. The lowest BCUT2D eigenvalue weighted by Gasteiger charge is -2.33. The number of hydrogen-bond acceptors (Lipinski definition) is 4. The van der Waals surface area contributed by atoms with Crippen molar-refractivity contribution in [2.24, 2.45) is 0 Å². The van der Waals surface area contributed by atoms with Crippen LogP contribution in [0.5, 0.6) is 5.75 Å². The first-order valence-corrected chi connectivity index (χ1v) is 11.4. The van der Waals surface area contributed by atoms with Crippen molar-refractivity contribution in [2.75, 3.05) is 17.7 Å². The van der Waals surface area contributed by atoms with Gasteiger partial charge in [0.2, 0.25) is 0 Å². The van der Waals surface area contributed by atoms with Gasteiger partial charge in [-0.2, -0.15) is 0 Å². The van der Waals surface area contributed by atoms with Crippen LogP contribution in [0.4, 0.5) is 10.5 Å². The van der Waals surface area contributed by atoms with Crippen molar-refractivity contribution < 1.29 is 18.5 Å². The van der Waals surface area contributed by atoms with Crippen LogP contribution < -0.4 is 10.1 Å². The number of halogens is 3. The van der Waals surface area contributed by atoms with Gasteiger partial charge in [-0.05, 0) is 51.0 Å². The average molecular weight is 477 g/mol. The van der Waals surface area contributed by atoms with Crippen molar-refractivity contribution >= 4 is 57.4 Å². The van der Waals surface area contributed by atoms with E-state index < -0.39 is 22.5 Å². The van der Waals surface area contributed by atoms with Crippen LogP contribution in [0, 0.1) is 0 Å². The second-order valence-corrected chi connectivity index (χ2v) is 9.83. The summed E-state index contributed by atoms with van der Waals surface area (Å²) in [4.78, 5) is 12.3. The standard InChI is InChI=1S/C20H20Cl3NO4S/c1-20(2)14-9-12(10-17(23)18(14)24-19(25)28-20)27-7-3-4-8-29(26)13-5-6-15(21)16(22)11-13/h5-6,9-11H,3-4,7-8H2,1-2H3,(H,24,25). The third kappa shape index (κ3) is 5.37. The first-order valence-electron chi connectivity index (χ1n) is 8.97. The quantitative estimate of drug-likeness (QED) is 0.469. The highest BCUT2D eigenvalue weighted by molar-refractivity contribution is 7.85. The largest absolute Gasteiger partial charge is 0.494 e. The Morgan fingerprint density at radius 3 is 2.55 bits per heavy atom.